The van der Waals surface area contributed by atoms with Gasteiger partial charge < -0.3 is 5.32 Å². The van der Waals surface area contributed by atoms with Gasteiger partial charge >= 0.3 is 0 Å². The molecule has 22 heavy (non-hydrogen) atoms. The van der Waals surface area contributed by atoms with Crippen molar-refractivity contribution in [2.75, 3.05) is 5.32 Å². The molecular weight excluding hydrogens is 305 g/mol. The van der Waals surface area contributed by atoms with Crippen LogP contribution in [0.5, 0.6) is 0 Å². The molecule has 5 nitrogen and oxygen atoms in total. The number of hydrogen-bond acceptors (Lipinski definition) is 4. The van der Waals surface area contributed by atoms with Gasteiger partial charge in [-0.1, -0.05) is 11.6 Å². The lowest BCUT2D eigenvalue weighted by molar-refractivity contribution is 0.628. The van der Waals surface area contributed by atoms with Gasteiger partial charge in [-0.2, -0.15) is 4.98 Å². The van der Waals surface area contributed by atoms with Crippen molar-refractivity contribution in [3.8, 4) is 5.95 Å². The van der Waals surface area contributed by atoms with Gasteiger partial charge in [0.2, 0.25) is 5.95 Å². The Morgan fingerprint density at radius 3 is 2.64 bits per heavy atom. The summed E-state index contributed by atoms with van der Waals surface area (Å²) in [6.07, 6.45) is 3.50. The maximum absolute atomic E-state index is 13.2. The maximum atomic E-state index is 13.2. The maximum Gasteiger partial charge on any atom is 0.237 e. The van der Waals surface area contributed by atoms with Crippen LogP contribution in [0.25, 0.3) is 5.95 Å². The SMILES string of the molecule is Cc1cn(-c2nc(C)cc(Nc3ccc(F)c(Cl)c3)n2)cn1. The molecule has 7 heteroatoms. The van der Waals surface area contributed by atoms with Crippen molar-refractivity contribution in [1.29, 1.82) is 0 Å². The van der Waals surface area contributed by atoms with Gasteiger partial charge in [-0.05, 0) is 32.0 Å². The molecule has 3 aromatic rings. The first-order valence-corrected chi connectivity index (χ1v) is 6.98. The molecule has 0 unspecified atom stereocenters. The smallest absolute Gasteiger partial charge is 0.237 e. The molecule has 0 radical (unpaired) electrons. The molecule has 112 valence electrons. The molecule has 0 fully saturated rings. The highest BCUT2D eigenvalue weighted by Gasteiger charge is 2.07. The van der Waals surface area contributed by atoms with Gasteiger partial charge in [0.1, 0.15) is 18.0 Å². The summed E-state index contributed by atoms with van der Waals surface area (Å²) in [5.74, 6) is 0.647. The van der Waals surface area contributed by atoms with Crippen molar-refractivity contribution in [1.82, 2.24) is 19.5 Å². The van der Waals surface area contributed by atoms with Crippen LogP contribution in [0.3, 0.4) is 0 Å². The molecule has 0 saturated heterocycles. The summed E-state index contributed by atoms with van der Waals surface area (Å²) in [5.41, 5.74) is 2.33. The zero-order chi connectivity index (χ0) is 15.7. The largest absolute Gasteiger partial charge is 0.340 e. The molecule has 1 aromatic carbocycles. The summed E-state index contributed by atoms with van der Waals surface area (Å²) in [7, 11) is 0. The predicted octanol–water partition coefficient (Wildman–Crippen LogP) is 3.82. The number of nitrogens with one attached hydrogen (secondary N) is 1. The molecule has 0 spiro atoms. The van der Waals surface area contributed by atoms with Gasteiger partial charge in [0, 0.05) is 23.6 Å². The van der Waals surface area contributed by atoms with E-state index in [0.717, 1.165) is 11.4 Å². The van der Waals surface area contributed by atoms with E-state index in [2.05, 4.69) is 20.3 Å². The topological polar surface area (TPSA) is 55.6 Å². The van der Waals surface area contributed by atoms with E-state index in [1.807, 2.05) is 20.0 Å². The Kier molecular flexibility index (Phi) is 3.77. The Balaban J connectivity index is 1.93. The highest BCUT2D eigenvalue weighted by molar-refractivity contribution is 6.31. The summed E-state index contributed by atoms with van der Waals surface area (Å²) < 4.78 is 14.9. The minimum atomic E-state index is -0.458. The van der Waals surface area contributed by atoms with Gasteiger partial charge in [0.05, 0.1) is 10.7 Å². The molecule has 3 rings (SSSR count). The first-order chi connectivity index (χ1) is 10.5. The Hall–Kier alpha value is -2.47. The Morgan fingerprint density at radius 2 is 1.95 bits per heavy atom. The summed E-state index contributed by atoms with van der Waals surface area (Å²) in [5, 5.41) is 3.15. The van der Waals surface area contributed by atoms with Crippen LogP contribution < -0.4 is 5.32 Å². The molecular formula is C15H13ClFN5. The fraction of sp³-hybridized carbons (Fsp3) is 0.133. The fourth-order valence-electron chi connectivity index (χ4n) is 1.98. The first kappa shape index (κ1) is 14.5. The molecule has 0 saturated carbocycles. The fourth-order valence-corrected chi connectivity index (χ4v) is 2.17. The standard InChI is InChI=1S/C15H13ClFN5/c1-9-5-14(20-11-3-4-13(17)12(16)6-11)21-15(19-9)22-7-10(2)18-8-22/h3-8H,1-2H3,(H,19,20,21). The second-order valence-electron chi connectivity index (χ2n) is 4.87. The number of halogens is 2. The number of aromatic nitrogens is 4. The van der Waals surface area contributed by atoms with Crippen LogP contribution in [0.4, 0.5) is 15.9 Å². The van der Waals surface area contributed by atoms with Crippen LogP contribution in [0.15, 0.2) is 36.8 Å². The summed E-state index contributed by atoms with van der Waals surface area (Å²) >= 11 is 5.78. The van der Waals surface area contributed by atoms with Crippen molar-refractivity contribution in [2.45, 2.75) is 13.8 Å². The summed E-state index contributed by atoms with van der Waals surface area (Å²) in [6, 6.07) is 6.21. The third-order valence-corrected chi connectivity index (χ3v) is 3.27. The van der Waals surface area contributed by atoms with Crippen LogP contribution in [0, 0.1) is 19.7 Å². The van der Waals surface area contributed by atoms with Crippen LogP contribution in [-0.2, 0) is 0 Å². The molecule has 1 N–H and O–H groups in total. The van der Waals surface area contributed by atoms with Crippen LogP contribution >= 0.6 is 11.6 Å². The van der Waals surface area contributed by atoms with Crippen molar-refractivity contribution in [3.63, 3.8) is 0 Å². The zero-order valence-electron chi connectivity index (χ0n) is 12.0. The monoisotopic (exact) mass is 317 g/mol. The van der Waals surface area contributed by atoms with E-state index in [0.29, 0.717) is 17.5 Å². The quantitative estimate of drug-likeness (QED) is 0.798. The van der Waals surface area contributed by atoms with Gasteiger partial charge in [0.25, 0.3) is 0 Å². The lowest BCUT2D eigenvalue weighted by Crippen LogP contribution is -2.04. The molecule has 0 bridgehead atoms. The second-order valence-corrected chi connectivity index (χ2v) is 5.28. The number of nitrogens with zero attached hydrogens (tertiary/aromatic N) is 4. The molecule has 0 aliphatic carbocycles. The highest BCUT2D eigenvalue weighted by Crippen LogP contribution is 2.22. The molecule has 2 aromatic heterocycles. The normalized spacial score (nSPS) is 10.7. The minimum Gasteiger partial charge on any atom is -0.340 e. The van der Waals surface area contributed by atoms with E-state index in [4.69, 9.17) is 11.6 Å². The highest BCUT2D eigenvalue weighted by atomic mass is 35.5. The third kappa shape index (κ3) is 3.07. The number of imidazole rings is 1. The minimum absolute atomic E-state index is 0.0567. The molecule has 2 heterocycles. The average molecular weight is 318 g/mol. The average Bonchev–Trinajstić information content (AvgIpc) is 2.89. The van der Waals surface area contributed by atoms with Crippen LogP contribution in [0.1, 0.15) is 11.4 Å². The number of anilines is 2. The zero-order valence-corrected chi connectivity index (χ0v) is 12.8. The van der Waals surface area contributed by atoms with Crippen LogP contribution in [0.2, 0.25) is 5.02 Å². The lowest BCUT2D eigenvalue weighted by atomic mass is 10.3. The number of aryl methyl sites for hydroxylation is 2. The first-order valence-electron chi connectivity index (χ1n) is 6.60. The third-order valence-electron chi connectivity index (χ3n) is 2.98. The van der Waals surface area contributed by atoms with Gasteiger partial charge in [0.15, 0.2) is 0 Å². The van der Waals surface area contributed by atoms with Gasteiger partial charge in [-0.3, -0.25) is 4.57 Å². The van der Waals surface area contributed by atoms with E-state index in [-0.39, 0.29) is 5.02 Å². The van der Waals surface area contributed by atoms with E-state index in [1.54, 1.807) is 23.0 Å². The van der Waals surface area contributed by atoms with Crippen molar-refractivity contribution >= 4 is 23.1 Å². The van der Waals surface area contributed by atoms with E-state index < -0.39 is 5.82 Å². The molecule has 0 atom stereocenters. The van der Waals surface area contributed by atoms with Gasteiger partial charge in [-0.15, -0.1) is 0 Å². The van der Waals surface area contributed by atoms with Crippen molar-refractivity contribution in [3.05, 3.63) is 59.0 Å². The number of hydrogen-bond donors (Lipinski definition) is 1. The molecule has 0 amide bonds. The molecule has 0 aliphatic rings. The van der Waals surface area contributed by atoms with E-state index >= 15 is 0 Å². The lowest BCUT2D eigenvalue weighted by Gasteiger charge is -2.09. The Bertz CT molecular complexity index is 831. The van der Waals surface area contributed by atoms with Crippen molar-refractivity contribution in [2.24, 2.45) is 0 Å². The Labute approximate surface area is 131 Å². The summed E-state index contributed by atoms with van der Waals surface area (Å²) in [6.45, 7) is 3.77. The van der Waals surface area contributed by atoms with E-state index in [1.165, 1.54) is 12.1 Å². The van der Waals surface area contributed by atoms with Crippen LogP contribution in [-0.4, -0.2) is 19.5 Å². The van der Waals surface area contributed by atoms with Gasteiger partial charge in [-0.25, -0.2) is 14.4 Å². The van der Waals surface area contributed by atoms with Crippen molar-refractivity contribution < 1.29 is 4.39 Å². The van der Waals surface area contributed by atoms with E-state index in [9.17, 15) is 4.39 Å². The number of rotatable bonds is 3. The summed E-state index contributed by atoms with van der Waals surface area (Å²) in [4.78, 5) is 13.0. The second kappa shape index (κ2) is 5.73. The predicted molar refractivity (Wildman–Crippen MR) is 83.3 cm³/mol. The number of benzene rings is 1. The molecule has 0 aliphatic heterocycles. The Morgan fingerprint density at radius 1 is 1.14 bits per heavy atom.